The summed E-state index contributed by atoms with van der Waals surface area (Å²) in [4.78, 5) is 21.5. The molecule has 4 rings (SSSR count). The molecule has 4 nitrogen and oxygen atoms in total. The molecule has 0 saturated heterocycles. The SMILES string of the molecule is O=C(c1ccnc2nc(-c3ccccc3)oc12)C1CCCCC1. The molecule has 1 aromatic carbocycles. The van der Waals surface area contributed by atoms with Gasteiger partial charge < -0.3 is 4.42 Å². The first-order valence-electron chi connectivity index (χ1n) is 8.18. The largest absolute Gasteiger partial charge is 0.434 e. The molecule has 116 valence electrons. The Morgan fingerprint density at radius 3 is 2.61 bits per heavy atom. The molecule has 2 aromatic heterocycles. The number of ketones is 1. The van der Waals surface area contributed by atoms with Crippen molar-refractivity contribution in [3.05, 3.63) is 48.2 Å². The van der Waals surface area contributed by atoms with Gasteiger partial charge in [-0.2, -0.15) is 4.98 Å². The van der Waals surface area contributed by atoms with Gasteiger partial charge in [0.25, 0.3) is 0 Å². The van der Waals surface area contributed by atoms with Crippen LogP contribution in [-0.2, 0) is 0 Å². The Morgan fingerprint density at radius 2 is 1.83 bits per heavy atom. The van der Waals surface area contributed by atoms with E-state index in [1.165, 1.54) is 6.42 Å². The molecule has 0 spiro atoms. The topological polar surface area (TPSA) is 56.0 Å². The van der Waals surface area contributed by atoms with Crippen molar-refractivity contribution in [1.82, 2.24) is 9.97 Å². The summed E-state index contributed by atoms with van der Waals surface area (Å²) >= 11 is 0. The van der Waals surface area contributed by atoms with Crippen molar-refractivity contribution in [2.24, 2.45) is 5.92 Å². The van der Waals surface area contributed by atoms with Crippen LogP contribution in [0.5, 0.6) is 0 Å². The second-order valence-corrected chi connectivity index (χ2v) is 6.10. The maximum Gasteiger partial charge on any atom is 0.228 e. The minimum Gasteiger partial charge on any atom is -0.434 e. The summed E-state index contributed by atoms with van der Waals surface area (Å²) in [6.45, 7) is 0. The van der Waals surface area contributed by atoms with Gasteiger partial charge in [0, 0.05) is 17.7 Å². The van der Waals surface area contributed by atoms with Crippen LogP contribution in [0, 0.1) is 5.92 Å². The maximum absolute atomic E-state index is 12.8. The number of oxazole rings is 1. The third-order valence-electron chi connectivity index (χ3n) is 4.55. The van der Waals surface area contributed by atoms with Crippen molar-refractivity contribution < 1.29 is 9.21 Å². The van der Waals surface area contributed by atoms with Crippen molar-refractivity contribution in [2.45, 2.75) is 32.1 Å². The fraction of sp³-hybridized carbons (Fsp3) is 0.316. The number of hydrogen-bond acceptors (Lipinski definition) is 4. The van der Waals surface area contributed by atoms with E-state index in [4.69, 9.17) is 4.42 Å². The molecule has 1 aliphatic carbocycles. The third kappa shape index (κ3) is 2.65. The summed E-state index contributed by atoms with van der Waals surface area (Å²) in [5.41, 5.74) is 2.53. The standard InChI is InChI=1S/C19H18N2O2/c22-16(13-7-3-1-4-8-13)15-11-12-20-18-17(15)23-19(21-18)14-9-5-2-6-10-14/h2,5-6,9-13H,1,3-4,7-8H2. The molecule has 0 bridgehead atoms. The number of carbonyl (C=O) groups is 1. The van der Waals surface area contributed by atoms with Crippen LogP contribution in [0.25, 0.3) is 22.7 Å². The van der Waals surface area contributed by atoms with Crippen LogP contribution in [0.2, 0.25) is 0 Å². The number of nitrogens with zero attached hydrogens (tertiary/aromatic N) is 2. The highest BCUT2D eigenvalue weighted by Gasteiger charge is 2.26. The van der Waals surface area contributed by atoms with Crippen molar-refractivity contribution in [1.29, 1.82) is 0 Å². The van der Waals surface area contributed by atoms with E-state index in [-0.39, 0.29) is 11.7 Å². The Hall–Kier alpha value is -2.49. The van der Waals surface area contributed by atoms with Crippen molar-refractivity contribution in [2.75, 3.05) is 0 Å². The molecule has 0 atom stereocenters. The Bertz CT molecular complexity index is 833. The first-order chi connectivity index (χ1) is 11.3. The average molecular weight is 306 g/mol. The van der Waals surface area contributed by atoms with Gasteiger partial charge >= 0.3 is 0 Å². The zero-order valence-electron chi connectivity index (χ0n) is 12.9. The van der Waals surface area contributed by atoms with E-state index in [1.807, 2.05) is 30.3 Å². The van der Waals surface area contributed by atoms with Gasteiger partial charge in [-0.25, -0.2) is 4.98 Å². The number of aromatic nitrogens is 2. The molecular formula is C19H18N2O2. The van der Waals surface area contributed by atoms with Gasteiger partial charge in [0.1, 0.15) is 0 Å². The lowest BCUT2D eigenvalue weighted by Gasteiger charge is -2.20. The molecular weight excluding hydrogens is 288 g/mol. The van der Waals surface area contributed by atoms with Crippen LogP contribution >= 0.6 is 0 Å². The molecule has 0 radical (unpaired) electrons. The van der Waals surface area contributed by atoms with Crippen LogP contribution in [-0.4, -0.2) is 15.8 Å². The number of rotatable bonds is 3. The molecule has 3 aromatic rings. The molecule has 1 aliphatic rings. The average Bonchev–Trinajstić information content (AvgIpc) is 3.07. The lowest BCUT2D eigenvalue weighted by atomic mass is 9.84. The Balaban J connectivity index is 1.75. The lowest BCUT2D eigenvalue weighted by Crippen LogP contribution is -2.18. The number of pyridine rings is 1. The minimum absolute atomic E-state index is 0.111. The monoisotopic (exact) mass is 306 g/mol. The van der Waals surface area contributed by atoms with E-state index >= 15 is 0 Å². The van der Waals surface area contributed by atoms with E-state index in [2.05, 4.69) is 9.97 Å². The Kier molecular flexibility index (Phi) is 3.66. The predicted octanol–water partition coefficient (Wildman–Crippen LogP) is 4.65. The first-order valence-corrected chi connectivity index (χ1v) is 8.18. The zero-order valence-corrected chi connectivity index (χ0v) is 12.9. The smallest absolute Gasteiger partial charge is 0.228 e. The summed E-state index contributed by atoms with van der Waals surface area (Å²) in [7, 11) is 0. The van der Waals surface area contributed by atoms with Gasteiger partial charge in [-0.1, -0.05) is 37.5 Å². The first kappa shape index (κ1) is 14.1. The molecule has 0 aliphatic heterocycles. The van der Waals surface area contributed by atoms with E-state index in [0.717, 1.165) is 31.2 Å². The molecule has 0 N–H and O–H groups in total. The third-order valence-corrected chi connectivity index (χ3v) is 4.55. The van der Waals surface area contributed by atoms with E-state index in [9.17, 15) is 4.79 Å². The molecule has 0 unspecified atom stereocenters. The maximum atomic E-state index is 12.8. The molecule has 0 amide bonds. The van der Waals surface area contributed by atoms with Gasteiger partial charge in [-0.05, 0) is 31.0 Å². The number of Topliss-reactive ketones (excluding diaryl/α,β-unsaturated/α-hetero) is 1. The fourth-order valence-corrected chi connectivity index (χ4v) is 3.32. The van der Waals surface area contributed by atoms with E-state index < -0.39 is 0 Å². The number of fused-ring (bicyclic) bond motifs is 1. The lowest BCUT2D eigenvalue weighted by molar-refractivity contribution is 0.0890. The van der Waals surface area contributed by atoms with E-state index in [0.29, 0.717) is 22.7 Å². The van der Waals surface area contributed by atoms with Gasteiger partial charge in [0.2, 0.25) is 5.89 Å². The van der Waals surface area contributed by atoms with Crippen LogP contribution in [0.15, 0.2) is 47.0 Å². The number of carbonyl (C=O) groups excluding carboxylic acids is 1. The second-order valence-electron chi connectivity index (χ2n) is 6.10. The molecule has 23 heavy (non-hydrogen) atoms. The highest BCUT2D eigenvalue weighted by molar-refractivity contribution is 6.06. The second kappa shape index (κ2) is 5.95. The molecule has 1 saturated carbocycles. The zero-order chi connectivity index (χ0) is 15.6. The van der Waals surface area contributed by atoms with Gasteiger partial charge in [-0.15, -0.1) is 0 Å². The van der Waals surface area contributed by atoms with Crippen molar-refractivity contribution in [3.63, 3.8) is 0 Å². The number of benzene rings is 1. The number of hydrogen-bond donors (Lipinski definition) is 0. The quantitative estimate of drug-likeness (QED) is 0.661. The fourth-order valence-electron chi connectivity index (χ4n) is 3.32. The Morgan fingerprint density at radius 1 is 1.04 bits per heavy atom. The van der Waals surface area contributed by atoms with Crippen LogP contribution in [0.1, 0.15) is 42.5 Å². The molecule has 2 heterocycles. The Labute approximate surface area is 134 Å². The summed E-state index contributed by atoms with van der Waals surface area (Å²) in [5.74, 6) is 0.796. The van der Waals surface area contributed by atoms with Gasteiger partial charge in [-0.3, -0.25) is 4.79 Å². The highest BCUT2D eigenvalue weighted by Crippen LogP contribution is 2.31. The summed E-state index contributed by atoms with van der Waals surface area (Å²) in [6, 6.07) is 11.5. The van der Waals surface area contributed by atoms with Gasteiger partial charge in [0.05, 0.1) is 5.56 Å². The van der Waals surface area contributed by atoms with Crippen molar-refractivity contribution >= 4 is 17.0 Å². The van der Waals surface area contributed by atoms with Gasteiger partial charge in [0.15, 0.2) is 17.0 Å². The summed E-state index contributed by atoms with van der Waals surface area (Å²) in [5, 5.41) is 0. The van der Waals surface area contributed by atoms with Crippen LogP contribution in [0.3, 0.4) is 0 Å². The predicted molar refractivity (Wildman–Crippen MR) is 88.1 cm³/mol. The highest BCUT2D eigenvalue weighted by atomic mass is 16.3. The van der Waals surface area contributed by atoms with Crippen LogP contribution in [0.4, 0.5) is 0 Å². The minimum atomic E-state index is 0.111. The van der Waals surface area contributed by atoms with E-state index in [1.54, 1.807) is 12.3 Å². The normalized spacial score (nSPS) is 15.8. The summed E-state index contributed by atoms with van der Waals surface area (Å²) in [6.07, 6.45) is 7.10. The molecule has 4 heteroatoms. The van der Waals surface area contributed by atoms with Crippen molar-refractivity contribution in [3.8, 4) is 11.5 Å². The molecule has 1 fully saturated rings. The summed E-state index contributed by atoms with van der Waals surface area (Å²) < 4.78 is 5.90. The van der Waals surface area contributed by atoms with Crippen LogP contribution < -0.4 is 0 Å².